The third-order valence-corrected chi connectivity index (χ3v) is 28.3. The van der Waals surface area contributed by atoms with E-state index in [0.29, 0.717) is 11.6 Å². The third kappa shape index (κ3) is 15.0. The Morgan fingerprint density at radius 1 is 0.194 bits per heavy atom. The summed E-state index contributed by atoms with van der Waals surface area (Å²) in [5, 5.41) is 9.31. The van der Waals surface area contributed by atoms with Gasteiger partial charge in [0.25, 0.3) is 0 Å². The van der Waals surface area contributed by atoms with Gasteiger partial charge in [-0.25, -0.2) is 29.9 Å². The van der Waals surface area contributed by atoms with Gasteiger partial charge >= 0.3 is 0 Å². The summed E-state index contributed by atoms with van der Waals surface area (Å²) in [6, 6.07) is 163. The largest absolute Gasteiger partial charge is 0.309 e. The second kappa shape index (κ2) is 33.6. The molecule has 0 spiro atoms. The fraction of sp³-hybridized carbons (Fsp3) is 0.0248. The van der Waals surface area contributed by atoms with Gasteiger partial charge in [-0.15, -0.1) is 0 Å². The van der Waals surface area contributed by atoms with Crippen molar-refractivity contribution in [1.82, 2.24) is 29.9 Å². The Morgan fingerprint density at radius 3 is 0.938 bits per heavy atom. The highest BCUT2D eigenvalue weighted by Gasteiger charge is 2.36. The minimum Gasteiger partial charge on any atom is -0.309 e. The van der Waals surface area contributed by atoms with Crippen molar-refractivity contribution < 1.29 is 4.57 Å². The maximum atomic E-state index is 15.1. The number of benzene rings is 18. The van der Waals surface area contributed by atoms with Crippen molar-refractivity contribution in [2.24, 2.45) is 0 Å². The van der Waals surface area contributed by atoms with Gasteiger partial charge in [-0.3, -0.25) is 0 Å². The van der Waals surface area contributed by atoms with E-state index in [1.54, 1.807) is 0 Å². The number of aromatic nitrogens is 6. The number of nitrogens with zero attached hydrogens (tertiary/aromatic N) is 6. The fourth-order valence-electron chi connectivity index (χ4n) is 18.8. The van der Waals surface area contributed by atoms with Gasteiger partial charge < -0.3 is 4.57 Å². The lowest BCUT2D eigenvalue weighted by Crippen LogP contribution is -2.24. The van der Waals surface area contributed by atoms with Gasteiger partial charge in [-0.05, 0) is 132 Å². The van der Waals surface area contributed by atoms with E-state index in [-0.39, 0.29) is 5.41 Å². The van der Waals surface area contributed by atoms with Crippen molar-refractivity contribution in [2.45, 2.75) is 19.3 Å². The molecule has 0 bridgehead atoms. The van der Waals surface area contributed by atoms with Crippen LogP contribution in [-0.4, -0.2) is 29.9 Å². The number of rotatable bonds is 16. The van der Waals surface area contributed by atoms with Crippen molar-refractivity contribution in [1.29, 1.82) is 0 Å². The van der Waals surface area contributed by atoms with Gasteiger partial charge in [0, 0.05) is 98.2 Å². The first-order valence-electron chi connectivity index (χ1n) is 43.8. The molecule has 8 heteroatoms. The van der Waals surface area contributed by atoms with Crippen LogP contribution < -0.4 is 15.9 Å². The Morgan fingerprint density at radius 2 is 0.488 bits per heavy atom. The summed E-state index contributed by atoms with van der Waals surface area (Å²) in [6.45, 7) is 4.67. The van der Waals surface area contributed by atoms with E-state index in [1.165, 1.54) is 49.7 Å². The molecule has 0 saturated carbocycles. The van der Waals surface area contributed by atoms with Crippen LogP contribution in [0.25, 0.3) is 200 Å². The highest BCUT2D eigenvalue weighted by atomic mass is 31.2. The number of fused-ring (bicyclic) bond motifs is 9. The average molecular weight is 1670 g/mol. The first-order valence-corrected chi connectivity index (χ1v) is 45.5. The van der Waals surface area contributed by atoms with Crippen molar-refractivity contribution in [3.8, 4) is 157 Å². The van der Waals surface area contributed by atoms with Gasteiger partial charge in [0.1, 0.15) is 0 Å². The number of hydrogen-bond donors (Lipinski definition) is 0. The summed E-state index contributed by atoms with van der Waals surface area (Å²) in [7, 11) is -3.14. The molecule has 129 heavy (non-hydrogen) atoms. The van der Waals surface area contributed by atoms with E-state index >= 15 is 4.57 Å². The van der Waals surface area contributed by atoms with E-state index in [1.807, 2.05) is 140 Å². The van der Waals surface area contributed by atoms with E-state index in [0.717, 1.165) is 166 Å². The molecule has 0 N–H and O–H groups in total. The normalized spacial score (nSPS) is 12.0. The molecule has 0 unspecified atom stereocenters. The first kappa shape index (κ1) is 78.7. The van der Waals surface area contributed by atoms with Gasteiger partial charge in [-0.1, -0.05) is 426 Å². The Labute approximate surface area is 750 Å². The number of pyridine rings is 2. The zero-order valence-electron chi connectivity index (χ0n) is 71.0. The Balaban J connectivity index is 0.000000152. The van der Waals surface area contributed by atoms with Gasteiger partial charge in [0.05, 0.1) is 45.2 Å². The lowest BCUT2D eigenvalue weighted by atomic mass is 9.81. The summed E-state index contributed by atoms with van der Waals surface area (Å²) in [5.74, 6) is 1.33. The van der Waals surface area contributed by atoms with Crippen LogP contribution in [0.2, 0.25) is 0 Å². The predicted molar refractivity (Wildman–Crippen MR) is 537 cm³/mol. The molecule has 18 aromatic carbocycles. The maximum Gasteiger partial charge on any atom is 0.171 e. The molecule has 0 saturated heterocycles. The SMILES string of the molecule is CC1(C)c2ccccc2-c2ccc(-c3ccc(-c4cc(-c5cccc(-c6cccc(-c7cccc8c(-c9ccccc9)nc9ccccc9c78)c6)c5)nc(-c5ccccc5)n4)cc3)cc21.O=P(c1ccccc1)(c1ccccc1)c1ccc(-c2cc(-c3cccc(-c4cccc(-c5cccc6c(-c7ccccc7)nc7ccccc7c56)c4)c3)nc(-c3ccccc3)n2)cc1. The van der Waals surface area contributed by atoms with Crippen LogP contribution in [0.5, 0.6) is 0 Å². The number of hydrogen-bond acceptors (Lipinski definition) is 7. The van der Waals surface area contributed by atoms with Crippen molar-refractivity contribution in [3.63, 3.8) is 0 Å². The molecule has 0 amide bonds. The highest BCUT2D eigenvalue weighted by molar-refractivity contribution is 7.85. The summed E-state index contributed by atoms with van der Waals surface area (Å²) in [5.41, 5.74) is 32.2. The third-order valence-electron chi connectivity index (χ3n) is 25.3. The molecule has 0 fully saturated rings. The summed E-state index contributed by atoms with van der Waals surface area (Å²) in [4.78, 5) is 31.0. The van der Waals surface area contributed by atoms with E-state index in [9.17, 15) is 0 Å². The average Bonchev–Trinajstić information content (AvgIpc) is 1.20. The van der Waals surface area contributed by atoms with Crippen molar-refractivity contribution in [2.75, 3.05) is 0 Å². The molecule has 22 aromatic rings. The lowest BCUT2D eigenvalue weighted by molar-refractivity contribution is 0.592. The van der Waals surface area contributed by atoms with Crippen LogP contribution in [0.3, 0.4) is 0 Å². The lowest BCUT2D eigenvalue weighted by Gasteiger charge is -2.22. The molecule has 1 aliphatic rings. The Kier molecular flexibility index (Phi) is 20.5. The monoisotopic (exact) mass is 1670 g/mol. The zero-order valence-corrected chi connectivity index (χ0v) is 71.9. The summed E-state index contributed by atoms with van der Waals surface area (Å²) in [6.07, 6.45) is 0. The van der Waals surface area contributed by atoms with Crippen LogP contribution in [-0.2, 0) is 9.98 Å². The van der Waals surface area contributed by atoms with Gasteiger partial charge in [0.15, 0.2) is 18.8 Å². The van der Waals surface area contributed by atoms with Crippen LogP contribution >= 0.6 is 7.14 Å². The maximum absolute atomic E-state index is 15.1. The molecule has 0 atom stereocenters. The first-order chi connectivity index (χ1) is 63.6. The molecule has 0 radical (unpaired) electrons. The van der Waals surface area contributed by atoms with Crippen molar-refractivity contribution >= 4 is 66.4 Å². The van der Waals surface area contributed by atoms with Crippen LogP contribution in [0.1, 0.15) is 25.0 Å². The molecular formula is C121H83N6OP. The quantitative estimate of drug-likeness (QED) is 0.0702. The molecular weight excluding hydrogens is 1580 g/mol. The minimum atomic E-state index is -3.14. The molecule has 7 nitrogen and oxygen atoms in total. The second-order valence-corrected chi connectivity index (χ2v) is 36.2. The molecule has 4 heterocycles. The topological polar surface area (TPSA) is 94.4 Å². The van der Waals surface area contributed by atoms with E-state index < -0.39 is 7.14 Å². The molecule has 608 valence electrons. The second-order valence-electron chi connectivity index (χ2n) is 33.5. The van der Waals surface area contributed by atoms with Crippen LogP contribution in [0.4, 0.5) is 0 Å². The molecule has 1 aliphatic carbocycles. The smallest absolute Gasteiger partial charge is 0.171 e. The zero-order chi connectivity index (χ0) is 86.4. The fourth-order valence-corrected chi connectivity index (χ4v) is 21.4. The Bertz CT molecular complexity index is 8030. The molecule has 4 aromatic heterocycles. The van der Waals surface area contributed by atoms with Crippen LogP contribution in [0, 0.1) is 0 Å². The summed E-state index contributed by atoms with van der Waals surface area (Å²) >= 11 is 0. The van der Waals surface area contributed by atoms with E-state index in [2.05, 4.69) is 341 Å². The minimum absolute atomic E-state index is 0.0512. The standard InChI is InChI=1S/C62H43N3.C59H40N3OP/c1-62(2)54-28-11-9-24-50(54)51-35-34-46(38-55(51)62)40-30-32-41(33-31-40)57-39-58(65-61(64-57)43-18-7-4-8-19-43)48-23-14-21-45(37-48)44-20-13-22-47(36-44)49-26-15-27-53-59(49)52-25-10-12-29-56(52)63-60(53)42-16-5-3-6-17-42;63-64(48-26-9-3-10-27-48,49-28-11-4-12-29-49)50-36-34-41(35-37-50)55-40-56(62-59(61-55)43-20-7-2-8-21-43)47-25-16-23-45(39-47)44-22-15-24-46(38-44)51-31-17-32-53-57(51)52-30-13-14-33-54(52)60-58(53)42-18-5-1-6-19-42/h3-39H,1-2H3;1-40H. The van der Waals surface area contributed by atoms with Gasteiger partial charge in [0.2, 0.25) is 0 Å². The van der Waals surface area contributed by atoms with Gasteiger partial charge in [-0.2, -0.15) is 0 Å². The van der Waals surface area contributed by atoms with Crippen LogP contribution in [0.15, 0.2) is 467 Å². The molecule has 0 aliphatic heterocycles. The van der Waals surface area contributed by atoms with Crippen molar-refractivity contribution in [3.05, 3.63) is 478 Å². The number of para-hydroxylation sites is 2. The summed E-state index contributed by atoms with van der Waals surface area (Å²) < 4.78 is 15.1. The van der Waals surface area contributed by atoms with E-state index in [4.69, 9.17) is 29.9 Å². The molecule has 23 rings (SSSR count). The highest BCUT2D eigenvalue weighted by Crippen LogP contribution is 2.51. The predicted octanol–water partition coefficient (Wildman–Crippen LogP) is 30.0. The Hall–Kier alpha value is -16.3.